The predicted octanol–water partition coefficient (Wildman–Crippen LogP) is 3.12. The van der Waals surface area contributed by atoms with E-state index in [0.717, 1.165) is 29.0 Å². The van der Waals surface area contributed by atoms with E-state index in [-0.39, 0.29) is 11.2 Å². The van der Waals surface area contributed by atoms with Gasteiger partial charge >= 0.3 is 0 Å². The Morgan fingerprint density at radius 1 is 1.32 bits per heavy atom. The van der Waals surface area contributed by atoms with E-state index < -0.39 is 5.91 Å². The van der Waals surface area contributed by atoms with Crippen molar-refractivity contribution in [3.8, 4) is 0 Å². The number of carbonyl (C=O) groups excluding carboxylic acids is 2. The van der Waals surface area contributed by atoms with Gasteiger partial charge in [-0.3, -0.25) is 9.59 Å². The minimum atomic E-state index is -0.466. The van der Waals surface area contributed by atoms with Gasteiger partial charge in [-0.1, -0.05) is 0 Å². The van der Waals surface area contributed by atoms with Gasteiger partial charge in [0.1, 0.15) is 5.25 Å². The molecule has 114 valence electrons. The maximum atomic E-state index is 12.6. The Kier molecular flexibility index (Phi) is 4.22. The number of fused-ring (bicyclic) bond motifs is 1. The SMILES string of the molecule is Cc1cc(C(N)=O)ccc1NC(=O)C1SCCc2sccc21. The summed E-state index contributed by atoms with van der Waals surface area (Å²) in [5, 5.41) is 4.85. The number of hydrogen-bond acceptors (Lipinski definition) is 4. The second-order valence-electron chi connectivity index (χ2n) is 5.18. The number of amides is 2. The topological polar surface area (TPSA) is 72.2 Å². The molecular weight excluding hydrogens is 316 g/mol. The van der Waals surface area contributed by atoms with Crippen molar-refractivity contribution >= 4 is 40.6 Å². The van der Waals surface area contributed by atoms with Gasteiger partial charge in [-0.15, -0.1) is 23.1 Å². The maximum absolute atomic E-state index is 12.6. The number of aryl methyl sites for hydroxylation is 2. The van der Waals surface area contributed by atoms with Crippen molar-refractivity contribution in [1.82, 2.24) is 0 Å². The molecule has 4 nitrogen and oxygen atoms in total. The Bertz CT molecular complexity index is 739. The summed E-state index contributed by atoms with van der Waals surface area (Å²) >= 11 is 3.39. The fourth-order valence-electron chi connectivity index (χ4n) is 2.52. The maximum Gasteiger partial charge on any atom is 0.248 e. The first-order valence-corrected chi connectivity index (χ1v) is 8.88. The van der Waals surface area contributed by atoms with Crippen LogP contribution < -0.4 is 11.1 Å². The molecule has 1 aliphatic heterocycles. The minimum Gasteiger partial charge on any atom is -0.366 e. The summed E-state index contributed by atoms with van der Waals surface area (Å²) in [5.41, 5.74) is 8.39. The number of benzene rings is 1. The molecule has 0 spiro atoms. The molecule has 6 heteroatoms. The van der Waals surface area contributed by atoms with Gasteiger partial charge < -0.3 is 11.1 Å². The van der Waals surface area contributed by atoms with E-state index in [4.69, 9.17) is 5.73 Å². The van der Waals surface area contributed by atoms with Gasteiger partial charge in [-0.05, 0) is 59.9 Å². The molecule has 0 aliphatic carbocycles. The number of rotatable bonds is 3. The highest BCUT2D eigenvalue weighted by atomic mass is 32.2. The molecule has 22 heavy (non-hydrogen) atoms. The van der Waals surface area contributed by atoms with Gasteiger partial charge in [0.2, 0.25) is 11.8 Å². The lowest BCUT2D eigenvalue weighted by Crippen LogP contribution is -2.22. The van der Waals surface area contributed by atoms with Gasteiger partial charge in [0.15, 0.2) is 0 Å². The molecule has 1 aromatic carbocycles. The highest BCUT2D eigenvalue weighted by Gasteiger charge is 2.28. The van der Waals surface area contributed by atoms with Crippen LogP contribution in [0.3, 0.4) is 0 Å². The highest BCUT2D eigenvalue weighted by Crippen LogP contribution is 2.40. The van der Waals surface area contributed by atoms with E-state index in [9.17, 15) is 9.59 Å². The van der Waals surface area contributed by atoms with Crippen molar-refractivity contribution in [2.75, 3.05) is 11.1 Å². The van der Waals surface area contributed by atoms with E-state index in [1.54, 1.807) is 41.3 Å². The monoisotopic (exact) mass is 332 g/mol. The second-order valence-corrected chi connectivity index (χ2v) is 7.40. The molecule has 3 N–H and O–H groups in total. The fraction of sp³-hybridized carbons (Fsp3) is 0.250. The molecule has 3 rings (SSSR count). The molecule has 0 saturated heterocycles. The molecule has 2 heterocycles. The molecular formula is C16H16N2O2S2. The quantitative estimate of drug-likeness (QED) is 0.907. The zero-order valence-corrected chi connectivity index (χ0v) is 13.7. The molecule has 1 unspecified atom stereocenters. The van der Waals surface area contributed by atoms with Crippen molar-refractivity contribution in [2.45, 2.75) is 18.6 Å². The normalized spacial score (nSPS) is 16.9. The third-order valence-corrected chi connectivity index (χ3v) is 5.92. The van der Waals surface area contributed by atoms with Gasteiger partial charge in [0.05, 0.1) is 0 Å². The lowest BCUT2D eigenvalue weighted by molar-refractivity contribution is -0.115. The average Bonchev–Trinajstić information content (AvgIpc) is 2.97. The Morgan fingerprint density at radius 3 is 2.86 bits per heavy atom. The van der Waals surface area contributed by atoms with Crippen LogP contribution in [0.5, 0.6) is 0 Å². The molecule has 1 aliphatic rings. The third kappa shape index (κ3) is 2.89. The van der Waals surface area contributed by atoms with Crippen LogP contribution in [0.4, 0.5) is 5.69 Å². The van der Waals surface area contributed by atoms with Crippen molar-refractivity contribution in [3.05, 3.63) is 51.2 Å². The molecule has 1 atom stereocenters. The van der Waals surface area contributed by atoms with E-state index in [2.05, 4.69) is 5.32 Å². The Morgan fingerprint density at radius 2 is 2.14 bits per heavy atom. The molecule has 2 aromatic rings. The predicted molar refractivity (Wildman–Crippen MR) is 91.5 cm³/mol. The summed E-state index contributed by atoms with van der Waals surface area (Å²) in [6, 6.07) is 7.10. The lowest BCUT2D eigenvalue weighted by atomic mass is 10.1. The van der Waals surface area contributed by atoms with Crippen LogP contribution in [-0.4, -0.2) is 17.6 Å². The van der Waals surface area contributed by atoms with Crippen LogP contribution in [-0.2, 0) is 11.2 Å². The van der Waals surface area contributed by atoms with Crippen LogP contribution in [0, 0.1) is 6.92 Å². The zero-order chi connectivity index (χ0) is 15.7. The summed E-state index contributed by atoms with van der Waals surface area (Å²) in [7, 11) is 0. The molecule has 1 aromatic heterocycles. The Hall–Kier alpha value is -1.79. The number of nitrogens with two attached hydrogens (primary N) is 1. The van der Waals surface area contributed by atoms with Crippen LogP contribution in [0.25, 0.3) is 0 Å². The number of carbonyl (C=O) groups is 2. The summed E-state index contributed by atoms with van der Waals surface area (Å²) < 4.78 is 0. The molecule has 2 amide bonds. The first-order valence-electron chi connectivity index (χ1n) is 6.95. The van der Waals surface area contributed by atoms with Crippen molar-refractivity contribution < 1.29 is 9.59 Å². The zero-order valence-electron chi connectivity index (χ0n) is 12.1. The van der Waals surface area contributed by atoms with E-state index >= 15 is 0 Å². The van der Waals surface area contributed by atoms with Crippen molar-refractivity contribution in [3.63, 3.8) is 0 Å². The first-order chi connectivity index (χ1) is 10.6. The summed E-state index contributed by atoms with van der Waals surface area (Å²) in [6.45, 7) is 1.85. The van der Waals surface area contributed by atoms with Crippen LogP contribution in [0.15, 0.2) is 29.6 Å². The molecule has 0 bridgehead atoms. The standard InChI is InChI=1S/C16H16N2O2S2/c1-9-8-10(15(17)19)2-3-12(9)18-16(20)14-11-4-6-21-13(11)5-7-22-14/h2-4,6,8,14H,5,7H2,1H3,(H2,17,19)(H,18,20). The van der Waals surface area contributed by atoms with Crippen LogP contribution in [0.2, 0.25) is 0 Å². The van der Waals surface area contributed by atoms with Crippen LogP contribution >= 0.6 is 23.1 Å². The number of nitrogens with one attached hydrogen (secondary N) is 1. The Balaban J connectivity index is 1.80. The van der Waals surface area contributed by atoms with Gasteiger partial charge in [-0.25, -0.2) is 0 Å². The highest BCUT2D eigenvalue weighted by molar-refractivity contribution is 8.00. The summed E-state index contributed by atoms with van der Waals surface area (Å²) in [6.07, 6.45) is 1.04. The van der Waals surface area contributed by atoms with E-state index in [1.807, 2.05) is 18.4 Å². The van der Waals surface area contributed by atoms with Gasteiger partial charge in [0.25, 0.3) is 0 Å². The second kappa shape index (κ2) is 6.14. The lowest BCUT2D eigenvalue weighted by Gasteiger charge is -2.22. The van der Waals surface area contributed by atoms with Crippen LogP contribution in [0.1, 0.15) is 31.6 Å². The van der Waals surface area contributed by atoms with Crippen molar-refractivity contribution in [1.29, 1.82) is 0 Å². The van der Waals surface area contributed by atoms with Gasteiger partial charge in [0, 0.05) is 16.1 Å². The number of anilines is 1. The molecule has 0 saturated carbocycles. The van der Waals surface area contributed by atoms with E-state index in [1.165, 1.54) is 4.88 Å². The Labute approximate surface area is 137 Å². The average molecular weight is 332 g/mol. The largest absolute Gasteiger partial charge is 0.366 e. The third-order valence-electron chi connectivity index (χ3n) is 3.68. The fourth-order valence-corrected chi connectivity index (χ4v) is 4.81. The van der Waals surface area contributed by atoms with Gasteiger partial charge in [-0.2, -0.15) is 0 Å². The first kappa shape index (κ1) is 15.1. The molecule has 0 fully saturated rings. The molecule has 0 radical (unpaired) electrons. The smallest absolute Gasteiger partial charge is 0.248 e. The van der Waals surface area contributed by atoms with Crippen molar-refractivity contribution in [2.24, 2.45) is 5.73 Å². The minimum absolute atomic E-state index is 0.0146. The summed E-state index contributed by atoms with van der Waals surface area (Å²) in [4.78, 5) is 25.1. The number of primary amides is 1. The number of thioether (sulfide) groups is 1. The summed E-state index contributed by atoms with van der Waals surface area (Å²) in [5.74, 6) is 0.483. The number of hydrogen-bond donors (Lipinski definition) is 2. The number of thiophene rings is 1. The van der Waals surface area contributed by atoms with E-state index in [0.29, 0.717) is 5.56 Å².